The maximum atomic E-state index is 12.8. The molecule has 0 bridgehead atoms. The van der Waals surface area contributed by atoms with E-state index in [4.69, 9.17) is 11.6 Å². The van der Waals surface area contributed by atoms with E-state index in [0.29, 0.717) is 21.7 Å². The number of rotatable bonds is 3. The number of carbonyl (C=O) groups is 2. The molecule has 0 N–H and O–H groups in total. The summed E-state index contributed by atoms with van der Waals surface area (Å²) in [6, 6.07) is 9.40. The van der Waals surface area contributed by atoms with E-state index < -0.39 is 0 Å². The van der Waals surface area contributed by atoms with Crippen LogP contribution in [0.4, 0.5) is 10.5 Å². The second kappa shape index (κ2) is 7.21. The van der Waals surface area contributed by atoms with E-state index in [0.717, 1.165) is 23.0 Å². The molecule has 2 amide bonds. The topological polar surface area (TPSA) is 42.3 Å². The molecule has 140 valence electrons. The van der Waals surface area contributed by atoms with Gasteiger partial charge in [0, 0.05) is 22.5 Å². The fraction of sp³-hybridized carbons (Fsp3) is 0.333. The Morgan fingerprint density at radius 3 is 2.44 bits per heavy atom. The molecule has 27 heavy (non-hydrogen) atoms. The number of thioether (sulfide) groups is 1. The predicted molar refractivity (Wildman–Crippen MR) is 111 cm³/mol. The maximum Gasteiger partial charge on any atom is 0.298 e. The number of hydrogen-bond donors (Lipinski definition) is 0. The third kappa shape index (κ3) is 3.34. The van der Waals surface area contributed by atoms with Gasteiger partial charge in [0.1, 0.15) is 0 Å². The molecule has 6 heteroatoms. The van der Waals surface area contributed by atoms with Crippen molar-refractivity contribution in [1.82, 2.24) is 4.57 Å². The molecule has 2 aromatic rings. The van der Waals surface area contributed by atoms with Crippen molar-refractivity contribution in [3.63, 3.8) is 0 Å². The molecule has 0 spiro atoms. The van der Waals surface area contributed by atoms with Crippen LogP contribution in [0, 0.1) is 13.8 Å². The van der Waals surface area contributed by atoms with E-state index in [1.807, 2.05) is 6.08 Å². The minimum atomic E-state index is -0.280. The van der Waals surface area contributed by atoms with Crippen molar-refractivity contribution in [2.75, 3.05) is 4.90 Å². The Morgan fingerprint density at radius 1 is 1.11 bits per heavy atom. The van der Waals surface area contributed by atoms with E-state index >= 15 is 0 Å². The highest BCUT2D eigenvalue weighted by atomic mass is 35.5. The molecule has 2 aliphatic rings. The van der Waals surface area contributed by atoms with E-state index in [1.54, 1.807) is 24.3 Å². The van der Waals surface area contributed by atoms with E-state index in [9.17, 15) is 9.59 Å². The Bertz CT molecular complexity index is 940. The molecular formula is C21H21ClN2O2S. The van der Waals surface area contributed by atoms with E-state index in [1.165, 1.54) is 36.3 Å². The number of aromatic nitrogens is 1. The molecule has 1 aliphatic heterocycles. The molecule has 1 saturated heterocycles. The van der Waals surface area contributed by atoms with Crippen LogP contribution >= 0.6 is 23.4 Å². The van der Waals surface area contributed by atoms with Crippen molar-refractivity contribution < 1.29 is 9.59 Å². The number of halogens is 1. The molecule has 2 heterocycles. The van der Waals surface area contributed by atoms with Crippen LogP contribution in [0.1, 0.15) is 48.7 Å². The highest BCUT2D eigenvalue weighted by Crippen LogP contribution is 2.38. The molecule has 4 rings (SSSR count). The standard InChI is InChI=1S/C21H21ClN2O2S/c1-13-11-15(14(2)23(13)17-5-3-4-6-17)12-19-20(25)24(21(26)27-19)18-9-7-16(22)8-10-18/h7-12,17H,3-6H2,1-2H3/b19-12-. The van der Waals surface area contributed by atoms with Gasteiger partial charge in [0.15, 0.2) is 0 Å². The number of aryl methyl sites for hydroxylation is 1. The number of nitrogens with zero attached hydrogens (tertiary/aromatic N) is 2. The zero-order valence-electron chi connectivity index (χ0n) is 15.4. The molecule has 2 fully saturated rings. The van der Waals surface area contributed by atoms with Crippen LogP contribution in [0.25, 0.3) is 6.08 Å². The summed E-state index contributed by atoms with van der Waals surface area (Å²) in [5, 5.41) is 0.291. The SMILES string of the molecule is Cc1cc(/C=C2\SC(=O)N(c3ccc(Cl)cc3)C2=O)c(C)n1C1CCCC1. The summed E-state index contributed by atoms with van der Waals surface area (Å²) in [5.41, 5.74) is 3.93. The smallest absolute Gasteiger partial charge is 0.298 e. The largest absolute Gasteiger partial charge is 0.346 e. The minimum Gasteiger partial charge on any atom is -0.346 e. The van der Waals surface area contributed by atoms with Gasteiger partial charge in [-0.2, -0.15) is 0 Å². The first-order valence-electron chi connectivity index (χ1n) is 9.17. The third-order valence-corrected chi connectivity index (χ3v) is 6.50. The highest BCUT2D eigenvalue weighted by Gasteiger charge is 2.36. The first-order valence-corrected chi connectivity index (χ1v) is 10.4. The Labute approximate surface area is 168 Å². The van der Waals surface area contributed by atoms with E-state index in [2.05, 4.69) is 24.5 Å². The quantitative estimate of drug-likeness (QED) is 0.583. The first kappa shape index (κ1) is 18.4. The normalized spacial score (nSPS) is 19.7. The van der Waals surface area contributed by atoms with Crippen LogP contribution in [0.5, 0.6) is 0 Å². The van der Waals surface area contributed by atoms with Crippen LogP contribution in [0.15, 0.2) is 35.2 Å². The lowest BCUT2D eigenvalue weighted by atomic mass is 10.2. The number of benzene rings is 1. The van der Waals surface area contributed by atoms with E-state index in [-0.39, 0.29) is 11.1 Å². The molecule has 0 radical (unpaired) electrons. The number of amides is 2. The van der Waals surface area contributed by atoms with Crippen molar-refractivity contribution >= 4 is 46.3 Å². The van der Waals surface area contributed by atoms with Gasteiger partial charge in [0.05, 0.1) is 10.6 Å². The number of hydrogen-bond acceptors (Lipinski definition) is 3. The van der Waals surface area contributed by atoms with Crippen LogP contribution in [-0.4, -0.2) is 15.7 Å². The Hall–Kier alpha value is -1.98. The molecule has 4 nitrogen and oxygen atoms in total. The Morgan fingerprint density at radius 2 is 1.78 bits per heavy atom. The molecular weight excluding hydrogens is 380 g/mol. The van der Waals surface area contributed by atoms with Crippen molar-refractivity contribution in [3.8, 4) is 0 Å². The summed E-state index contributed by atoms with van der Waals surface area (Å²) in [7, 11) is 0. The highest BCUT2D eigenvalue weighted by molar-refractivity contribution is 8.19. The second-order valence-electron chi connectivity index (χ2n) is 7.13. The molecule has 0 unspecified atom stereocenters. The maximum absolute atomic E-state index is 12.8. The lowest BCUT2D eigenvalue weighted by molar-refractivity contribution is -0.113. The van der Waals surface area contributed by atoms with Crippen LogP contribution in [0.3, 0.4) is 0 Å². The van der Waals surface area contributed by atoms with Gasteiger partial charge in [-0.05, 0) is 80.4 Å². The monoisotopic (exact) mass is 400 g/mol. The molecule has 1 aromatic heterocycles. The molecule has 0 atom stereocenters. The van der Waals surface area contributed by atoms with Gasteiger partial charge >= 0.3 is 0 Å². The van der Waals surface area contributed by atoms with Crippen molar-refractivity contribution in [3.05, 3.63) is 57.2 Å². The number of imide groups is 1. The van der Waals surface area contributed by atoms with Gasteiger partial charge < -0.3 is 4.57 Å². The fourth-order valence-corrected chi connectivity index (χ4v) is 5.05. The van der Waals surface area contributed by atoms with Crippen molar-refractivity contribution in [1.29, 1.82) is 0 Å². The summed E-state index contributed by atoms with van der Waals surface area (Å²) >= 11 is 6.90. The average Bonchev–Trinajstić information content (AvgIpc) is 3.31. The summed E-state index contributed by atoms with van der Waals surface area (Å²) in [4.78, 5) is 26.9. The van der Waals surface area contributed by atoms with Gasteiger partial charge in [-0.3, -0.25) is 9.59 Å². The third-order valence-electron chi connectivity index (χ3n) is 5.38. The Kier molecular flexibility index (Phi) is 4.91. The number of carbonyl (C=O) groups excluding carboxylic acids is 2. The summed E-state index contributed by atoms with van der Waals surface area (Å²) < 4.78 is 2.39. The zero-order valence-corrected chi connectivity index (χ0v) is 16.9. The van der Waals surface area contributed by atoms with Crippen LogP contribution in [-0.2, 0) is 4.79 Å². The number of anilines is 1. The van der Waals surface area contributed by atoms with Crippen molar-refractivity contribution in [2.24, 2.45) is 0 Å². The van der Waals surface area contributed by atoms with Gasteiger partial charge in [-0.15, -0.1) is 0 Å². The summed E-state index contributed by atoms with van der Waals surface area (Å²) in [6.45, 7) is 4.21. The van der Waals surface area contributed by atoms with Gasteiger partial charge in [-0.25, -0.2) is 4.90 Å². The fourth-order valence-electron chi connectivity index (χ4n) is 4.09. The Balaban J connectivity index is 1.65. The molecule has 1 saturated carbocycles. The van der Waals surface area contributed by atoms with Gasteiger partial charge in [0.2, 0.25) is 0 Å². The van der Waals surface area contributed by atoms with Gasteiger partial charge in [-0.1, -0.05) is 24.4 Å². The molecule has 1 aromatic carbocycles. The summed E-state index contributed by atoms with van der Waals surface area (Å²) in [5.74, 6) is -0.280. The first-order chi connectivity index (χ1) is 13.0. The van der Waals surface area contributed by atoms with Gasteiger partial charge in [0.25, 0.3) is 11.1 Å². The second-order valence-corrected chi connectivity index (χ2v) is 8.56. The lowest BCUT2D eigenvalue weighted by Gasteiger charge is -2.17. The predicted octanol–water partition coefficient (Wildman–Crippen LogP) is 6.11. The summed E-state index contributed by atoms with van der Waals surface area (Å²) in [6.07, 6.45) is 6.83. The van der Waals surface area contributed by atoms with Crippen LogP contribution in [0.2, 0.25) is 5.02 Å². The average molecular weight is 401 g/mol. The van der Waals surface area contributed by atoms with Crippen molar-refractivity contribution in [2.45, 2.75) is 45.6 Å². The molecule has 1 aliphatic carbocycles. The zero-order chi connectivity index (χ0) is 19.1. The minimum absolute atomic E-state index is 0.279. The van der Waals surface area contributed by atoms with Crippen LogP contribution < -0.4 is 4.90 Å². The lowest BCUT2D eigenvalue weighted by Crippen LogP contribution is -2.27.